The molecule has 0 aliphatic heterocycles. The molecule has 0 spiro atoms. The van der Waals surface area contributed by atoms with E-state index in [1.165, 1.54) is 41.7 Å². The molecule has 0 saturated heterocycles. The van der Waals surface area contributed by atoms with Gasteiger partial charge in [0.25, 0.3) is 0 Å². The second-order valence-electron chi connectivity index (χ2n) is 5.21. The molecule has 0 radical (unpaired) electrons. The zero-order valence-corrected chi connectivity index (χ0v) is 12.5. The highest BCUT2D eigenvalue weighted by Crippen LogP contribution is 2.34. The number of rotatable bonds is 5. The number of nitrogens with one attached hydrogen (secondary N) is 1. The molecule has 0 atom stereocenters. The summed E-state index contributed by atoms with van der Waals surface area (Å²) in [4.78, 5) is 5.23. The Morgan fingerprint density at radius 2 is 1.54 bits per heavy atom. The minimum atomic E-state index is -1.04. The Labute approximate surface area is 137 Å². The molecular weight excluding hydrogens is 312 g/mol. The molecule has 0 amide bonds. The molecule has 1 heterocycles. The Morgan fingerprint density at radius 3 is 1.96 bits per heavy atom. The predicted molar refractivity (Wildman–Crippen MR) is 83.2 cm³/mol. The maximum Gasteiger partial charge on any atom is 0.139 e. The van der Waals surface area contributed by atoms with Gasteiger partial charge in [0.05, 0.1) is 12.5 Å². The number of aromatic nitrogens is 3. The van der Waals surface area contributed by atoms with Crippen LogP contribution in [-0.4, -0.2) is 14.9 Å². The fraction of sp³-hybridized carbons (Fsp3) is 0.118. The van der Waals surface area contributed by atoms with Crippen molar-refractivity contribution in [1.82, 2.24) is 14.9 Å². The van der Waals surface area contributed by atoms with Crippen molar-refractivity contribution in [2.24, 2.45) is 0 Å². The van der Waals surface area contributed by atoms with Gasteiger partial charge in [-0.25, -0.2) is 13.8 Å². The number of hydrogen-bond donors (Lipinski definition) is 1. The van der Waals surface area contributed by atoms with E-state index in [2.05, 4.69) is 21.6 Å². The number of nitriles is 1. The van der Waals surface area contributed by atoms with Crippen LogP contribution in [0.2, 0.25) is 0 Å². The summed E-state index contributed by atoms with van der Waals surface area (Å²) in [5, 5.41) is 13.4. The Kier molecular flexibility index (Phi) is 4.20. The zero-order valence-electron chi connectivity index (χ0n) is 12.5. The van der Waals surface area contributed by atoms with Crippen LogP contribution in [0, 0.1) is 23.0 Å². The van der Waals surface area contributed by atoms with Gasteiger partial charge in [0.1, 0.15) is 29.8 Å². The van der Waals surface area contributed by atoms with Crippen LogP contribution in [-0.2, 0) is 5.54 Å². The van der Waals surface area contributed by atoms with Gasteiger partial charge in [-0.05, 0) is 35.4 Å². The second kappa shape index (κ2) is 6.46. The van der Waals surface area contributed by atoms with Crippen LogP contribution in [0.1, 0.15) is 17.5 Å². The highest BCUT2D eigenvalue weighted by molar-refractivity contribution is 5.42. The van der Waals surface area contributed by atoms with E-state index in [0.29, 0.717) is 11.1 Å². The van der Waals surface area contributed by atoms with Crippen LogP contribution >= 0.6 is 0 Å². The van der Waals surface area contributed by atoms with Gasteiger partial charge < -0.3 is 0 Å². The van der Waals surface area contributed by atoms with Crippen molar-refractivity contribution in [3.8, 4) is 6.07 Å². The van der Waals surface area contributed by atoms with Crippen LogP contribution in [0.25, 0.3) is 0 Å². The summed E-state index contributed by atoms with van der Waals surface area (Å²) in [7, 11) is 0. The molecule has 1 aromatic heterocycles. The average molecular weight is 325 g/mol. The van der Waals surface area contributed by atoms with Gasteiger partial charge in [-0.1, -0.05) is 24.3 Å². The van der Waals surface area contributed by atoms with Crippen LogP contribution in [0.5, 0.6) is 0 Å². The number of benzene rings is 2. The number of nitrogens with zero attached hydrogens (tertiary/aromatic N) is 4. The third-order valence-corrected chi connectivity index (χ3v) is 3.74. The van der Waals surface area contributed by atoms with E-state index in [0.717, 1.165) is 0 Å². The van der Waals surface area contributed by atoms with E-state index in [9.17, 15) is 14.0 Å². The van der Waals surface area contributed by atoms with Gasteiger partial charge in [0, 0.05) is 0 Å². The lowest BCUT2D eigenvalue weighted by Gasteiger charge is -2.34. The Bertz CT molecular complexity index is 791. The second-order valence-corrected chi connectivity index (χ2v) is 5.21. The van der Waals surface area contributed by atoms with Crippen LogP contribution in [0.3, 0.4) is 0 Å². The third-order valence-electron chi connectivity index (χ3n) is 3.74. The van der Waals surface area contributed by atoms with Gasteiger partial charge in [-0.3, -0.25) is 5.43 Å². The molecule has 1 N–H and O–H groups in total. The first-order chi connectivity index (χ1) is 11.6. The standard InChI is InChI=1S/C17H13F2N5/c18-15-5-1-13(2-6-15)17(9-10-20,23-24-12-21-11-22-24)14-3-7-16(19)8-4-14/h1-8,11-12,23H,9H2. The first-order valence-corrected chi connectivity index (χ1v) is 7.16. The highest BCUT2D eigenvalue weighted by Gasteiger charge is 2.35. The minimum absolute atomic E-state index is 0.0180. The SMILES string of the molecule is N#CCC(Nn1cncn1)(c1ccc(F)cc1)c1ccc(F)cc1. The van der Waals surface area contributed by atoms with E-state index in [1.54, 1.807) is 24.3 Å². The molecule has 3 aromatic rings. The van der Waals surface area contributed by atoms with Gasteiger partial charge in [0.15, 0.2) is 0 Å². The predicted octanol–water partition coefficient (Wildman–Crippen LogP) is 2.96. The molecule has 2 aromatic carbocycles. The smallest absolute Gasteiger partial charge is 0.139 e. The molecule has 120 valence electrons. The minimum Gasteiger partial charge on any atom is -0.292 e. The van der Waals surface area contributed by atoms with Crippen molar-refractivity contribution in [1.29, 1.82) is 5.26 Å². The fourth-order valence-electron chi connectivity index (χ4n) is 2.59. The molecule has 0 saturated carbocycles. The van der Waals surface area contributed by atoms with Crippen molar-refractivity contribution in [3.05, 3.63) is 83.9 Å². The average Bonchev–Trinajstić information content (AvgIpc) is 3.08. The monoisotopic (exact) mass is 325 g/mol. The van der Waals surface area contributed by atoms with E-state index in [1.807, 2.05) is 0 Å². The normalized spacial score (nSPS) is 11.0. The van der Waals surface area contributed by atoms with Gasteiger partial charge in [-0.2, -0.15) is 10.1 Å². The molecule has 0 aliphatic carbocycles. The molecule has 7 heteroatoms. The lowest BCUT2D eigenvalue weighted by molar-refractivity contribution is 0.503. The summed E-state index contributed by atoms with van der Waals surface area (Å²) < 4.78 is 26.7. The topological polar surface area (TPSA) is 66.5 Å². The van der Waals surface area contributed by atoms with Crippen molar-refractivity contribution >= 4 is 0 Å². The summed E-state index contributed by atoms with van der Waals surface area (Å²) in [6, 6.07) is 13.7. The Hall–Kier alpha value is -3.27. The Morgan fingerprint density at radius 1 is 1.00 bits per heavy atom. The molecule has 0 unspecified atom stereocenters. The van der Waals surface area contributed by atoms with Gasteiger partial charge in [-0.15, -0.1) is 5.10 Å². The molecule has 5 nitrogen and oxygen atoms in total. The largest absolute Gasteiger partial charge is 0.292 e. The molecule has 24 heavy (non-hydrogen) atoms. The fourth-order valence-corrected chi connectivity index (χ4v) is 2.59. The summed E-state index contributed by atoms with van der Waals surface area (Å²) in [5.41, 5.74) is 3.37. The number of halogens is 2. The molecule has 0 aliphatic rings. The summed E-state index contributed by atoms with van der Waals surface area (Å²) in [6.07, 6.45) is 2.81. The number of hydrogen-bond acceptors (Lipinski definition) is 4. The van der Waals surface area contributed by atoms with Crippen molar-refractivity contribution in [2.75, 3.05) is 5.43 Å². The maximum atomic E-state index is 13.3. The molecule has 0 bridgehead atoms. The van der Waals surface area contributed by atoms with E-state index >= 15 is 0 Å². The van der Waals surface area contributed by atoms with E-state index < -0.39 is 5.54 Å². The Balaban J connectivity index is 2.17. The van der Waals surface area contributed by atoms with Gasteiger partial charge in [0.2, 0.25) is 0 Å². The van der Waals surface area contributed by atoms with Crippen LogP contribution in [0.15, 0.2) is 61.2 Å². The lowest BCUT2D eigenvalue weighted by atomic mass is 9.81. The highest BCUT2D eigenvalue weighted by atomic mass is 19.1. The van der Waals surface area contributed by atoms with Crippen molar-refractivity contribution < 1.29 is 8.78 Å². The van der Waals surface area contributed by atoms with Gasteiger partial charge >= 0.3 is 0 Å². The van der Waals surface area contributed by atoms with Crippen LogP contribution in [0.4, 0.5) is 8.78 Å². The molecular formula is C17H13F2N5. The maximum absolute atomic E-state index is 13.3. The van der Waals surface area contributed by atoms with E-state index in [4.69, 9.17) is 0 Å². The molecule has 3 rings (SSSR count). The zero-order chi connectivity index (χ0) is 17.0. The van der Waals surface area contributed by atoms with Crippen LogP contribution < -0.4 is 5.43 Å². The lowest BCUT2D eigenvalue weighted by Crippen LogP contribution is -2.42. The van der Waals surface area contributed by atoms with Crippen molar-refractivity contribution in [2.45, 2.75) is 12.0 Å². The quantitative estimate of drug-likeness (QED) is 0.783. The summed E-state index contributed by atoms with van der Waals surface area (Å²) in [6.45, 7) is 0. The molecule has 0 fully saturated rings. The summed E-state index contributed by atoms with van der Waals surface area (Å²) >= 11 is 0. The van der Waals surface area contributed by atoms with E-state index in [-0.39, 0.29) is 18.1 Å². The summed E-state index contributed by atoms with van der Waals surface area (Å²) in [5.74, 6) is -0.770. The van der Waals surface area contributed by atoms with Crippen molar-refractivity contribution in [3.63, 3.8) is 0 Å². The first kappa shape index (κ1) is 15.6. The third kappa shape index (κ3) is 2.94. The first-order valence-electron chi connectivity index (χ1n) is 7.16.